The van der Waals surface area contributed by atoms with Crippen molar-refractivity contribution in [2.75, 3.05) is 79.0 Å². The number of rotatable bonds is 55. The highest BCUT2D eigenvalue weighted by molar-refractivity contribution is 5.96. The molecule has 0 spiro atoms. The number of aliphatic carboxylic acids is 2. The molecule has 4 amide bonds. The Morgan fingerprint density at radius 3 is 1.46 bits per heavy atom. The molecule has 22 nitrogen and oxygen atoms in total. The Morgan fingerprint density at radius 1 is 0.516 bits per heavy atom. The van der Waals surface area contributed by atoms with Gasteiger partial charge < -0.3 is 56.2 Å². The van der Waals surface area contributed by atoms with E-state index < -0.39 is 46.1 Å². The number of amides is 4. The summed E-state index contributed by atoms with van der Waals surface area (Å²) in [5.41, 5.74) is -2.42. The van der Waals surface area contributed by atoms with E-state index in [2.05, 4.69) is 27.8 Å². The van der Waals surface area contributed by atoms with Gasteiger partial charge in [0.2, 0.25) is 23.6 Å². The highest BCUT2D eigenvalue weighted by Gasteiger charge is 2.38. The normalized spacial score (nSPS) is 13.4. The minimum absolute atomic E-state index is 0. The van der Waals surface area contributed by atoms with Crippen LogP contribution in [0.4, 0.5) is 0 Å². The van der Waals surface area contributed by atoms with Gasteiger partial charge in [0, 0.05) is 110 Å². The standard InChI is InChI=1S/C43H73N3O14.C26H49NO3.H3N.2H2/c1-30(47)42(6,7)27-37(52)43(8,9)26-35(50)32(25-36(51)41(3,4)5)13-10-11-17-44-38(53)28-60-24-22-58-20-18-45-39(54)29-59-23-21-57-19-12-14-33(49)15-16-34(40(55)56)46-31(2)48;1-24-20-22-27(23-21-24)25(28)18-16-14-12-10-8-6-4-2-3-5-7-9-11-13-15-17-19-26(29)30;;;/h32,34H,10-29H2,1-9H3,(H,44,53)(H,45,54)(H,46,48)(H,55,56);24H,2-23H2,1H3,(H,29,30);1H3;2*1H/t32-,34?;;;;/m1..../s1. The van der Waals surface area contributed by atoms with Crippen molar-refractivity contribution >= 4 is 64.5 Å². The van der Waals surface area contributed by atoms with E-state index in [9.17, 15) is 52.7 Å². The molecule has 0 aromatic rings. The number of carbonyl (C=O) groups is 11. The molecule has 1 heterocycles. The van der Waals surface area contributed by atoms with Crippen LogP contribution in [0, 0.1) is 28.1 Å². The SMILES string of the molecule is CC(=O)NC(CCC(=O)CCCOCCOCC(=O)NCCOCCOCC(=O)NCCCC[C@H](CC(=O)C(C)(C)C)C(=O)CC(C)(C)C(=O)CC(C)(C)C(C)=O)C(=O)O.CC1CCN(C(=O)CCCCCCCCCCCCCCCCCCC(=O)O)CC1.N.[HH].[HH]. The summed E-state index contributed by atoms with van der Waals surface area (Å²) < 4.78 is 21.4. The van der Waals surface area contributed by atoms with Gasteiger partial charge in [-0.05, 0) is 64.2 Å². The molecule has 1 unspecified atom stereocenters. The second kappa shape index (κ2) is 52.4. The molecule has 0 saturated carbocycles. The maximum Gasteiger partial charge on any atom is 0.326 e. The van der Waals surface area contributed by atoms with Gasteiger partial charge in [-0.15, -0.1) is 0 Å². The molecule has 0 bridgehead atoms. The third-order valence-electron chi connectivity index (χ3n) is 16.5. The topological polar surface area (TPSA) is 339 Å². The van der Waals surface area contributed by atoms with Gasteiger partial charge in [0.15, 0.2) is 0 Å². The van der Waals surface area contributed by atoms with Crippen molar-refractivity contribution in [1.29, 1.82) is 0 Å². The molecule has 8 N–H and O–H groups in total. The lowest BCUT2D eigenvalue weighted by molar-refractivity contribution is -0.142. The maximum absolute atomic E-state index is 13.5. The Labute approximate surface area is 549 Å². The number of likely N-dealkylation sites (tertiary alicyclic amines) is 1. The zero-order valence-electron chi connectivity index (χ0n) is 58.1. The monoisotopic (exact) mass is 1300 g/mol. The van der Waals surface area contributed by atoms with Crippen molar-refractivity contribution < 1.29 is 84.8 Å². The number of nitrogens with zero attached hydrogens (tertiary/aromatic N) is 1. The number of unbranched alkanes of at least 4 members (excludes halogenated alkanes) is 16. The predicted molar refractivity (Wildman–Crippen MR) is 357 cm³/mol. The van der Waals surface area contributed by atoms with Crippen LogP contribution in [-0.4, -0.2) is 165 Å². The van der Waals surface area contributed by atoms with Gasteiger partial charge in [0.1, 0.15) is 48.2 Å². The van der Waals surface area contributed by atoms with Gasteiger partial charge in [-0.2, -0.15) is 0 Å². The van der Waals surface area contributed by atoms with Crippen LogP contribution < -0.4 is 22.1 Å². The zero-order chi connectivity index (χ0) is 67.8. The molecule has 1 aliphatic heterocycles. The summed E-state index contributed by atoms with van der Waals surface area (Å²) >= 11 is 0. The van der Waals surface area contributed by atoms with E-state index in [1.807, 2.05) is 20.8 Å². The number of carboxylic acids is 2. The highest BCUT2D eigenvalue weighted by Crippen LogP contribution is 2.34. The quantitative estimate of drug-likeness (QED) is 0.0308. The van der Waals surface area contributed by atoms with Crippen molar-refractivity contribution in [2.24, 2.45) is 28.1 Å². The summed E-state index contributed by atoms with van der Waals surface area (Å²) in [4.78, 5) is 134. The number of hydrogen-bond donors (Lipinski definition) is 6. The van der Waals surface area contributed by atoms with E-state index in [1.54, 1.807) is 27.7 Å². The molecule has 0 aromatic carbocycles. The number of nitrogens with one attached hydrogen (secondary N) is 3. The molecular weight excluding hydrogens is 1170 g/mol. The fourth-order valence-electron chi connectivity index (χ4n) is 9.98. The first-order chi connectivity index (χ1) is 42.5. The van der Waals surface area contributed by atoms with Crippen molar-refractivity contribution in [3.05, 3.63) is 0 Å². The predicted octanol–water partition coefficient (Wildman–Crippen LogP) is 11.4. The molecular formula is C69H129N5O17. The van der Waals surface area contributed by atoms with E-state index in [-0.39, 0.29) is 141 Å². The molecule has 1 rings (SSSR count). The largest absolute Gasteiger partial charge is 0.481 e. The summed E-state index contributed by atoms with van der Waals surface area (Å²) in [5.74, 6) is -2.93. The van der Waals surface area contributed by atoms with Crippen molar-refractivity contribution in [2.45, 2.75) is 268 Å². The summed E-state index contributed by atoms with van der Waals surface area (Å²) in [7, 11) is 0. The summed E-state index contributed by atoms with van der Waals surface area (Å²) in [6.45, 7) is 20.8. The first kappa shape index (κ1) is 88.0. The fourth-order valence-corrected chi connectivity index (χ4v) is 9.98. The zero-order valence-corrected chi connectivity index (χ0v) is 58.1. The van der Waals surface area contributed by atoms with Crippen molar-refractivity contribution in [3.8, 4) is 0 Å². The minimum atomic E-state index is -1.19. The fraction of sp³-hybridized carbons (Fsp3) is 0.841. The van der Waals surface area contributed by atoms with Gasteiger partial charge in [0.25, 0.3) is 0 Å². The van der Waals surface area contributed by atoms with Crippen LogP contribution in [0.2, 0.25) is 0 Å². The smallest absolute Gasteiger partial charge is 0.326 e. The van der Waals surface area contributed by atoms with Crippen LogP contribution >= 0.6 is 0 Å². The second-order valence-corrected chi connectivity index (χ2v) is 27.1. The molecule has 0 aliphatic carbocycles. The lowest BCUT2D eigenvalue weighted by Gasteiger charge is -2.30. The van der Waals surface area contributed by atoms with E-state index in [0.717, 1.165) is 44.7 Å². The third-order valence-corrected chi connectivity index (χ3v) is 16.5. The van der Waals surface area contributed by atoms with Gasteiger partial charge >= 0.3 is 11.9 Å². The van der Waals surface area contributed by atoms with Crippen LogP contribution in [0.3, 0.4) is 0 Å². The molecule has 1 fully saturated rings. The number of Topliss-reactive ketones (excluding diaryl/α,β-unsaturated/α-hetero) is 5. The van der Waals surface area contributed by atoms with Gasteiger partial charge in [-0.25, -0.2) is 4.79 Å². The van der Waals surface area contributed by atoms with Gasteiger partial charge in [-0.3, -0.25) is 47.9 Å². The molecule has 22 heteroatoms. The first-order valence-corrected chi connectivity index (χ1v) is 33.9. The Balaban J connectivity index is -0.00000101. The third kappa shape index (κ3) is 49.3. The minimum Gasteiger partial charge on any atom is -0.481 e. The molecule has 1 saturated heterocycles. The molecule has 0 aromatic heterocycles. The average molecular weight is 1300 g/mol. The summed E-state index contributed by atoms with van der Waals surface area (Å²) in [5, 5.41) is 25.4. The number of hydrogen-bond acceptors (Lipinski definition) is 16. The van der Waals surface area contributed by atoms with E-state index >= 15 is 0 Å². The maximum atomic E-state index is 13.5. The number of ether oxygens (including phenoxy) is 4. The van der Waals surface area contributed by atoms with E-state index in [0.29, 0.717) is 51.2 Å². The van der Waals surface area contributed by atoms with Gasteiger partial charge in [0.05, 0.1) is 33.0 Å². The van der Waals surface area contributed by atoms with E-state index in [1.165, 1.54) is 110 Å². The summed E-state index contributed by atoms with van der Waals surface area (Å²) in [6, 6.07) is -1.10. The highest BCUT2D eigenvalue weighted by atomic mass is 16.5. The Kier molecular flexibility index (Phi) is 50.6. The van der Waals surface area contributed by atoms with Crippen molar-refractivity contribution in [3.63, 3.8) is 0 Å². The van der Waals surface area contributed by atoms with Gasteiger partial charge in [-0.1, -0.05) is 152 Å². The molecule has 1 aliphatic rings. The first-order valence-electron chi connectivity index (χ1n) is 33.9. The molecule has 2 atom stereocenters. The van der Waals surface area contributed by atoms with Crippen LogP contribution in [0.25, 0.3) is 0 Å². The molecule has 532 valence electrons. The second-order valence-electron chi connectivity index (χ2n) is 27.1. The van der Waals surface area contributed by atoms with E-state index in [4.69, 9.17) is 29.2 Å². The molecule has 0 radical (unpaired) electrons. The van der Waals surface area contributed by atoms with Crippen LogP contribution in [0.5, 0.6) is 0 Å². The molecule has 91 heavy (non-hydrogen) atoms. The van der Waals surface area contributed by atoms with Crippen LogP contribution in [-0.2, 0) is 71.7 Å². The van der Waals surface area contributed by atoms with Crippen molar-refractivity contribution in [1.82, 2.24) is 27.0 Å². The Hall–Kier alpha value is -5.03. The number of carbonyl (C=O) groups excluding carboxylic acids is 9. The summed E-state index contributed by atoms with van der Waals surface area (Å²) in [6.07, 6.45) is 26.0. The average Bonchev–Trinajstić information content (AvgIpc) is 1.04. The number of carboxylic acid groups (broad SMARTS) is 2. The Morgan fingerprint density at radius 2 is 0.989 bits per heavy atom. The van der Waals surface area contributed by atoms with Crippen LogP contribution in [0.1, 0.15) is 265 Å². The lowest BCUT2D eigenvalue weighted by atomic mass is 9.72. The Bertz CT molecular complexity index is 2120. The number of piperidine rings is 1. The number of ketones is 5. The lowest BCUT2D eigenvalue weighted by Crippen LogP contribution is -2.39. The van der Waals surface area contributed by atoms with Crippen LogP contribution in [0.15, 0.2) is 0 Å².